The van der Waals surface area contributed by atoms with Gasteiger partial charge in [0.15, 0.2) is 11.6 Å². The van der Waals surface area contributed by atoms with E-state index in [1.807, 2.05) is 4.90 Å². The molecule has 2 aliphatic rings. The lowest BCUT2D eigenvalue weighted by Crippen LogP contribution is -2.55. The first kappa shape index (κ1) is 27.7. The highest BCUT2D eigenvalue weighted by Crippen LogP contribution is 2.36. The molecular formula is C29H34F2N6O3. The SMILES string of the molecule is COc1cccc(C(=O)Nc2cc(-c3cnc(N4CCOCC4)nc3)c(F)cc2N2CC(C)N(C)C(C)C2)c1F. The van der Waals surface area contributed by atoms with Gasteiger partial charge in [0.2, 0.25) is 5.95 Å². The second-order valence-corrected chi connectivity index (χ2v) is 10.3. The molecule has 2 fully saturated rings. The molecule has 0 aliphatic carbocycles. The Kier molecular flexibility index (Phi) is 8.13. The van der Waals surface area contributed by atoms with Crippen molar-refractivity contribution in [3.63, 3.8) is 0 Å². The molecule has 5 rings (SSSR count). The van der Waals surface area contributed by atoms with E-state index in [0.29, 0.717) is 62.3 Å². The summed E-state index contributed by atoms with van der Waals surface area (Å²) in [6.07, 6.45) is 3.15. The van der Waals surface area contributed by atoms with Crippen LogP contribution in [0.5, 0.6) is 5.75 Å². The van der Waals surface area contributed by atoms with Crippen LogP contribution in [0.2, 0.25) is 0 Å². The largest absolute Gasteiger partial charge is 0.494 e. The number of nitrogens with zero attached hydrogens (tertiary/aromatic N) is 5. The van der Waals surface area contributed by atoms with Gasteiger partial charge in [-0.05, 0) is 45.2 Å². The lowest BCUT2D eigenvalue weighted by Gasteiger charge is -2.44. The van der Waals surface area contributed by atoms with Crippen molar-refractivity contribution in [2.45, 2.75) is 25.9 Å². The van der Waals surface area contributed by atoms with E-state index in [1.54, 1.807) is 24.5 Å². The molecule has 40 heavy (non-hydrogen) atoms. The van der Waals surface area contributed by atoms with Crippen molar-refractivity contribution in [1.29, 1.82) is 0 Å². The number of ether oxygens (including phenoxy) is 2. The van der Waals surface area contributed by atoms with E-state index in [9.17, 15) is 9.18 Å². The van der Waals surface area contributed by atoms with Gasteiger partial charge in [0, 0.05) is 61.8 Å². The molecule has 3 heterocycles. The lowest BCUT2D eigenvalue weighted by molar-refractivity contribution is 0.102. The number of likely N-dealkylation sites (N-methyl/N-ethyl adjacent to an activating group) is 1. The molecule has 9 nitrogen and oxygen atoms in total. The number of anilines is 3. The third kappa shape index (κ3) is 5.57. The predicted octanol–water partition coefficient (Wildman–Crippen LogP) is 4.05. The number of methoxy groups -OCH3 is 1. The van der Waals surface area contributed by atoms with E-state index in [2.05, 4.69) is 46.0 Å². The van der Waals surface area contributed by atoms with Crippen LogP contribution in [0.3, 0.4) is 0 Å². The maximum Gasteiger partial charge on any atom is 0.258 e. The zero-order valence-corrected chi connectivity index (χ0v) is 23.2. The van der Waals surface area contributed by atoms with E-state index < -0.39 is 17.5 Å². The number of amides is 1. The van der Waals surface area contributed by atoms with E-state index in [-0.39, 0.29) is 29.0 Å². The van der Waals surface area contributed by atoms with E-state index in [0.717, 1.165) is 0 Å². The highest BCUT2D eigenvalue weighted by atomic mass is 19.1. The number of nitrogens with one attached hydrogen (secondary N) is 1. The zero-order valence-electron chi connectivity index (χ0n) is 23.2. The molecule has 1 amide bonds. The third-order valence-corrected chi connectivity index (χ3v) is 7.70. The summed E-state index contributed by atoms with van der Waals surface area (Å²) >= 11 is 0. The van der Waals surface area contributed by atoms with E-state index in [1.165, 1.54) is 25.3 Å². The quantitative estimate of drug-likeness (QED) is 0.491. The summed E-state index contributed by atoms with van der Waals surface area (Å²) in [6.45, 7) is 8.03. The average Bonchev–Trinajstić information content (AvgIpc) is 2.97. The summed E-state index contributed by atoms with van der Waals surface area (Å²) in [5, 5.41) is 2.84. The van der Waals surface area contributed by atoms with Gasteiger partial charge in [-0.15, -0.1) is 0 Å². The summed E-state index contributed by atoms with van der Waals surface area (Å²) in [5.74, 6) is -1.38. The predicted molar refractivity (Wildman–Crippen MR) is 150 cm³/mol. The van der Waals surface area contributed by atoms with Crippen LogP contribution in [0.15, 0.2) is 42.7 Å². The van der Waals surface area contributed by atoms with Crippen molar-refractivity contribution < 1.29 is 23.0 Å². The fourth-order valence-corrected chi connectivity index (χ4v) is 5.17. The highest BCUT2D eigenvalue weighted by Gasteiger charge is 2.29. The Hall–Kier alpha value is -3.83. The molecule has 2 unspecified atom stereocenters. The molecule has 0 bridgehead atoms. The Balaban J connectivity index is 1.52. The first-order valence-corrected chi connectivity index (χ1v) is 13.4. The second-order valence-electron chi connectivity index (χ2n) is 10.3. The van der Waals surface area contributed by atoms with Crippen LogP contribution >= 0.6 is 0 Å². The van der Waals surface area contributed by atoms with Gasteiger partial charge in [-0.2, -0.15) is 0 Å². The van der Waals surface area contributed by atoms with Gasteiger partial charge in [0.1, 0.15) is 5.82 Å². The first-order valence-electron chi connectivity index (χ1n) is 13.4. The van der Waals surface area contributed by atoms with Gasteiger partial charge in [-0.1, -0.05) is 6.07 Å². The van der Waals surface area contributed by atoms with Crippen molar-refractivity contribution in [3.8, 4) is 16.9 Å². The van der Waals surface area contributed by atoms with Gasteiger partial charge in [-0.25, -0.2) is 18.7 Å². The highest BCUT2D eigenvalue weighted by molar-refractivity contribution is 6.07. The molecule has 0 saturated carbocycles. The van der Waals surface area contributed by atoms with Crippen molar-refractivity contribution in [3.05, 3.63) is 59.9 Å². The Morgan fingerprint density at radius 1 is 1.05 bits per heavy atom. The Morgan fingerprint density at radius 2 is 1.73 bits per heavy atom. The zero-order chi connectivity index (χ0) is 28.4. The van der Waals surface area contributed by atoms with Crippen molar-refractivity contribution >= 4 is 23.2 Å². The van der Waals surface area contributed by atoms with Crippen molar-refractivity contribution in [2.24, 2.45) is 0 Å². The molecule has 2 aromatic carbocycles. The maximum atomic E-state index is 15.7. The lowest BCUT2D eigenvalue weighted by atomic mass is 10.0. The Morgan fingerprint density at radius 3 is 2.38 bits per heavy atom. The molecule has 212 valence electrons. The normalized spacial score (nSPS) is 19.9. The molecule has 2 aliphatic heterocycles. The van der Waals surface area contributed by atoms with Crippen LogP contribution in [0, 0.1) is 11.6 Å². The van der Waals surface area contributed by atoms with E-state index >= 15 is 4.39 Å². The first-order chi connectivity index (χ1) is 19.3. The van der Waals surface area contributed by atoms with Crippen molar-refractivity contribution in [2.75, 3.05) is 68.7 Å². The fourth-order valence-electron chi connectivity index (χ4n) is 5.17. The second kappa shape index (κ2) is 11.7. The van der Waals surface area contributed by atoms with Gasteiger partial charge >= 0.3 is 0 Å². The van der Waals surface area contributed by atoms with E-state index in [4.69, 9.17) is 9.47 Å². The molecular weight excluding hydrogens is 518 g/mol. The molecule has 0 spiro atoms. The van der Waals surface area contributed by atoms with Crippen LogP contribution in [-0.2, 0) is 4.74 Å². The number of aromatic nitrogens is 2. The average molecular weight is 553 g/mol. The topological polar surface area (TPSA) is 83.1 Å². The minimum Gasteiger partial charge on any atom is -0.494 e. The number of rotatable bonds is 6. The van der Waals surface area contributed by atoms with Gasteiger partial charge in [0.05, 0.1) is 37.3 Å². The Labute approximate surface area is 232 Å². The minimum atomic E-state index is -0.764. The summed E-state index contributed by atoms with van der Waals surface area (Å²) in [4.78, 5) is 28.5. The number of hydrogen-bond donors (Lipinski definition) is 1. The molecule has 1 N–H and O–H groups in total. The number of carbonyl (C=O) groups is 1. The number of halogens is 2. The van der Waals surface area contributed by atoms with Crippen LogP contribution < -0.4 is 19.9 Å². The summed E-state index contributed by atoms with van der Waals surface area (Å²) in [6, 6.07) is 7.77. The molecule has 0 radical (unpaired) electrons. The maximum absolute atomic E-state index is 15.7. The molecule has 11 heteroatoms. The van der Waals surface area contributed by atoms with Gasteiger partial charge < -0.3 is 24.6 Å². The van der Waals surface area contributed by atoms with Gasteiger partial charge in [0.25, 0.3) is 5.91 Å². The third-order valence-electron chi connectivity index (χ3n) is 7.70. The molecule has 3 aromatic rings. The van der Waals surface area contributed by atoms with Crippen LogP contribution in [0.4, 0.5) is 26.1 Å². The number of morpholine rings is 1. The molecule has 2 saturated heterocycles. The molecule has 2 atom stereocenters. The fraction of sp³-hybridized carbons (Fsp3) is 0.414. The van der Waals surface area contributed by atoms with Gasteiger partial charge in [-0.3, -0.25) is 9.69 Å². The molecule has 1 aromatic heterocycles. The van der Waals surface area contributed by atoms with Crippen molar-refractivity contribution in [1.82, 2.24) is 14.9 Å². The van der Waals surface area contributed by atoms with Crippen LogP contribution in [-0.4, -0.2) is 86.4 Å². The number of carbonyl (C=O) groups excluding carboxylic acids is 1. The monoisotopic (exact) mass is 552 g/mol. The summed E-state index contributed by atoms with van der Waals surface area (Å²) in [7, 11) is 3.40. The minimum absolute atomic E-state index is 0.0353. The number of piperazine rings is 1. The van der Waals surface area contributed by atoms with Crippen LogP contribution in [0.1, 0.15) is 24.2 Å². The number of benzene rings is 2. The summed E-state index contributed by atoms with van der Waals surface area (Å²) in [5.41, 5.74) is 1.41. The standard InChI is InChI=1S/C29H34F2N6O3/c1-18-16-37(17-19(2)35(18)3)25-13-23(30)22(20-14-32-29(33-15-20)36-8-10-40-11-9-36)12-24(25)34-28(38)21-6-5-7-26(39-4)27(21)31/h5-7,12-15,18-19H,8-11,16-17H2,1-4H3,(H,34,38). The summed E-state index contributed by atoms with van der Waals surface area (Å²) < 4.78 is 41.1. The smallest absolute Gasteiger partial charge is 0.258 e. The van der Waals surface area contributed by atoms with Crippen LogP contribution in [0.25, 0.3) is 11.1 Å². The number of hydrogen-bond acceptors (Lipinski definition) is 8. The Bertz CT molecular complexity index is 1350.